The van der Waals surface area contributed by atoms with Crippen molar-refractivity contribution in [2.45, 2.75) is 32.4 Å². The van der Waals surface area contributed by atoms with Gasteiger partial charge in [0.05, 0.1) is 11.6 Å². The van der Waals surface area contributed by atoms with Crippen LogP contribution < -0.4 is 5.73 Å². The fraction of sp³-hybridized carbons (Fsp3) is 0.467. The average Bonchev–Trinajstić information content (AvgIpc) is 2.45. The van der Waals surface area contributed by atoms with Gasteiger partial charge in [-0.15, -0.1) is 0 Å². The third-order valence-corrected chi connectivity index (χ3v) is 3.43. The predicted molar refractivity (Wildman–Crippen MR) is 74.9 cm³/mol. The molecule has 0 aliphatic carbocycles. The highest BCUT2D eigenvalue weighted by atomic mass is 16.6. The van der Waals surface area contributed by atoms with Gasteiger partial charge in [-0.25, -0.2) is 4.79 Å². The highest BCUT2D eigenvalue weighted by Gasteiger charge is 2.21. The summed E-state index contributed by atoms with van der Waals surface area (Å²) in [6, 6.07) is 7.75. The highest BCUT2D eigenvalue weighted by Crippen LogP contribution is 2.13. The molecule has 0 spiro atoms. The molecule has 1 amide bonds. The van der Waals surface area contributed by atoms with E-state index >= 15 is 0 Å². The zero-order valence-corrected chi connectivity index (χ0v) is 11.6. The van der Waals surface area contributed by atoms with Gasteiger partial charge < -0.3 is 15.4 Å². The maximum absolute atomic E-state index is 11.9. The topological polar surface area (TPSA) is 79.3 Å². The Balaban J connectivity index is 1.90. The molecule has 1 heterocycles. The Bertz CT molecular complexity index is 528. The molecule has 0 aromatic heterocycles. The quantitative estimate of drug-likeness (QED) is 0.892. The van der Waals surface area contributed by atoms with Gasteiger partial charge in [-0.1, -0.05) is 6.07 Å². The van der Waals surface area contributed by atoms with E-state index in [1.807, 2.05) is 13.0 Å². The normalized spacial score (nSPS) is 15.8. The van der Waals surface area contributed by atoms with Crippen LogP contribution in [0.1, 0.15) is 29.5 Å². The summed E-state index contributed by atoms with van der Waals surface area (Å²) < 4.78 is 5.29. The van der Waals surface area contributed by atoms with Gasteiger partial charge >= 0.3 is 6.09 Å². The fourth-order valence-electron chi connectivity index (χ4n) is 2.33. The number of piperidine rings is 1. The molecule has 0 atom stereocenters. The van der Waals surface area contributed by atoms with Crippen molar-refractivity contribution >= 4 is 6.09 Å². The lowest BCUT2D eigenvalue weighted by atomic mass is 10.1. The van der Waals surface area contributed by atoms with E-state index in [0.29, 0.717) is 18.7 Å². The monoisotopic (exact) mass is 273 g/mol. The lowest BCUT2D eigenvalue weighted by Crippen LogP contribution is -2.43. The molecule has 0 saturated carbocycles. The van der Waals surface area contributed by atoms with Crippen LogP contribution >= 0.6 is 0 Å². The van der Waals surface area contributed by atoms with E-state index in [4.69, 9.17) is 15.7 Å². The molecule has 0 unspecified atom stereocenters. The second-order valence-corrected chi connectivity index (χ2v) is 5.20. The van der Waals surface area contributed by atoms with E-state index in [2.05, 4.69) is 6.07 Å². The Morgan fingerprint density at radius 2 is 2.15 bits per heavy atom. The lowest BCUT2D eigenvalue weighted by molar-refractivity contribution is 0.0873. The summed E-state index contributed by atoms with van der Waals surface area (Å²) in [7, 11) is 0. The van der Waals surface area contributed by atoms with Gasteiger partial charge in [0, 0.05) is 19.1 Å². The summed E-state index contributed by atoms with van der Waals surface area (Å²) in [4.78, 5) is 13.6. The number of rotatable bonds is 2. The number of benzene rings is 1. The van der Waals surface area contributed by atoms with E-state index in [1.54, 1.807) is 17.0 Å². The molecule has 0 bridgehead atoms. The minimum Gasteiger partial charge on any atom is -0.445 e. The van der Waals surface area contributed by atoms with Crippen LogP contribution in [0.15, 0.2) is 18.2 Å². The minimum absolute atomic E-state index is 0.189. The van der Waals surface area contributed by atoms with E-state index in [9.17, 15) is 4.79 Å². The molecule has 1 fully saturated rings. The fourth-order valence-corrected chi connectivity index (χ4v) is 2.33. The van der Waals surface area contributed by atoms with Crippen molar-refractivity contribution in [2.24, 2.45) is 5.73 Å². The minimum atomic E-state index is -0.308. The van der Waals surface area contributed by atoms with Crippen molar-refractivity contribution in [3.05, 3.63) is 34.9 Å². The Labute approximate surface area is 118 Å². The van der Waals surface area contributed by atoms with Crippen molar-refractivity contribution in [3.8, 4) is 6.07 Å². The zero-order chi connectivity index (χ0) is 14.5. The van der Waals surface area contributed by atoms with Gasteiger partial charge in [-0.3, -0.25) is 0 Å². The van der Waals surface area contributed by atoms with E-state index in [-0.39, 0.29) is 18.7 Å². The largest absolute Gasteiger partial charge is 0.445 e. The third-order valence-electron chi connectivity index (χ3n) is 3.43. The number of nitrogens with two attached hydrogens (primary N) is 1. The second kappa shape index (κ2) is 6.40. The lowest BCUT2D eigenvalue weighted by Gasteiger charge is -2.29. The van der Waals surface area contributed by atoms with Crippen LogP contribution in [0.3, 0.4) is 0 Å². The molecule has 2 N–H and O–H groups in total. The van der Waals surface area contributed by atoms with Crippen LogP contribution in [0.25, 0.3) is 0 Å². The number of likely N-dealkylation sites (tertiary alicyclic amines) is 1. The predicted octanol–water partition coefficient (Wildman–Crippen LogP) is 1.93. The van der Waals surface area contributed by atoms with Crippen LogP contribution in [0.2, 0.25) is 0 Å². The van der Waals surface area contributed by atoms with Crippen LogP contribution in [0, 0.1) is 18.3 Å². The summed E-state index contributed by atoms with van der Waals surface area (Å²) in [5, 5.41) is 8.91. The molecule has 20 heavy (non-hydrogen) atoms. The van der Waals surface area contributed by atoms with Gasteiger partial charge in [-0.2, -0.15) is 5.26 Å². The van der Waals surface area contributed by atoms with Crippen molar-refractivity contribution < 1.29 is 9.53 Å². The SMILES string of the molecule is Cc1cc(C#N)cc(COC(=O)N2CCC(N)CC2)c1. The van der Waals surface area contributed by atoms with Crippen molar-refractivity contribution in [3.63, 3.8) is 0 Å². The number of carbonyl (C=O) groups excluding carboxylic acids is 1. The molecule has 1 aromatic rings. The number of nitrogens with zero attached hydrogens (tertiary/aromatic N) is 2. The van der Waals surface area contributed by atoms with Crippen molar-refractivity contribution in [1.82, 2.24) is 4.90 Å². The molecule has 106 valence electrons. The van der Waals surface area contributed by atoms with Crippen LogP contribution in [-0.4, -0.2) is 30.1 Å². The molecular formula is C15H19N3O2. The van der Waals surface area contributed by atoms with Gasteiger partial charge in [0.25, 0.3) is 0 Å². The summed E-state index contributed by atoms with van der Waals surface area (Å²) in [5.74, 6) is 0. The Morgan fingerprint density at radius 1 is 1.45 bits per heavy atom. The molecule has 1 saturated heterocycles. The summed E-state index contributed by atoms with van der Waals surface area (Å²) >= 11 is 0. The first-order valence-electron chi connectivity index (χ1n) is 6.76. The molecule has 1 aromatic carbocycles. The van der Waals surface area contributed by atoms with Crippen LogP contribution in [0.4, 0.5) is 4.79 Å². The number of aryl methyl sites for hydroxylation is 1. The molecule has 1 aliphatic rings. The maximum atomic E-state index is 11.9. The van der Waals surface area contributed by atoms with E-state index < -0.39 is 0 Å². The molecule has 5 heteroatoms. The number of hydrogen-bond donors (Lipinski definition) is 1. The highest BCUT2D eigenvalue weighted by molar-refractivity contribution is 5.67. The van der Waals surface area contributed by atoms with Crippen molar-refractivity contribution in [1.29, 1.82) is 5.26 Å². The third kappa shape index (κ3) is 3.72. The standard InChI is InChI=1S/C15H19N3O2/c1-11-6-12(9-16)8-13(7-11)10-20-15(19)18-4-2-14(17)3-5-18/h6-8,14H,2-5,10,17H2,1H3. The number of nitriles is 1. The first-order valence-corrected chi connectivity index (χ1v) is 6.76. The summed E-state index contributed by atoms with van der Waals surface area (Å²) in [6.45, 7) is 3.41. The van der Waals surface area contributed by atoms with Gasteiger partial charge in [-0.05, 0) is 43.0 Å². The van der Waals surface area contributed by atoms with Gasteiger partial charge in [0.1, 0.15) is 6.61 Å². The number of amides is 1. The first kappa shape index (κ1) is 14.4. The number of hydrogen-bond acceptors (Lipinski definition) is 4. The number of ether oxygens (including phenoxy) is 1. The molecule has 5 nitrogen and oxygen atoms in total. The Morgan fingerprint density at radius 3 is 2.80 bits per heavy atom. The molecule has 2 rings (SSSR count). The summed E-state index contributed by atoms with van der Waals surface area (Å²) in [5.41, 5.74) is 8.21. The first-order chi connectivity index (χ1) is 9.58. The molecule has 1 aliphatic heterocycles. The van der Waals surface area contributed by atoms with Crippen molar-refractivity contribution in [2.75, 3.05) is 13.1 Å². The number of carbonyl (C=O) groups is 1. The van der Waals surface area contributed by atoms with Crippen LogP contribution in [-0.2, 0) is 11.3 Å². The van der Waals surface area contributed by atoms with Crippen LogP contribution in [0.5, 0.6) is 0 Å². The molecular weight excluding hydrogens is 254 g/mol. The van der Waals surface area contributed by atoms with E-state index in [1.165, 1.54) is 0 Å². The van der Waals surface area contributed by atoms with Gasteiger partial charge in [0.15, 0.2) is 0 Å². The smallest absolute Gasteiger partial charge is 0.410 e. The average molecular weight is 273 g/mol. The Kier molecular flexibility index (Phi) is 4.59. The second-order valence-electron chi connectivity index (χ2n) is 5.20. The maximum Gasteiger partial charge on any atom is 0.410 e. The zero-order valence-electron chi connectivity index (χ0n) is 11.6. The Hall–Kier alpha value is -2.06. The van der Waals surface area contributed by atoms with Gasteiger partial charge in [0.2, 0.25) is 0 Å². The van der Waals surface area contributed by atoms with E-state index in [0.717, 1.165) is 24.0 Å². The molecule has 0 radical (unpaired) electrons. The summed E-state index contributed by atoms with van der Waals surface area (Å²) in [6.07, 6.45) is 1.33.